The van der Waals surface area contributed by atoms with E-state index in [-0.39, 0.29) is 18.1 Å². The summed E-state index contributed by atoms with van der Waals surface area (Å²) in [6, 6.07) is 7.87. The van der Waals surface area contributed by atoms with Gasteiger partial charge in [-0.15, -0.1) is 0 Å². The van der Waals surface area contributed by atoms with Crippen LogP contribution in [-0.2, 0) is 17.8 Å². The van der Waals surface area contributed by atoms with Crippen molar-refractivity contribution in [3.63, 3.8) is 0 Å². The van der Waals surface area contributed by atoms with Gasteiger partial charge in [-0.1, -0.05) is 17.3 Å². The Labute approximate surface area is 138 Å². The maximum Gasteiger partial charge on any atom is 0.226 e. The van der Waals surface area contributed by atoms with E-state index in [0.29, 0.717) is 23.6 Å². The van der Waals surface area contributed by atoms with Crippen LogP contribution in [0, 0.1) is 5.82 Å². The van der Waals surface area contributed by atoms with E-state index in [2.05, 4.69) is 15.5 Å². The number of hydrogen-bond donors (Lipinski definition) is 1. The highest BCUT2D eigenvalue weighted by atomic mass is 19.1. The number of aryl methyl sites for hydroxylation is 1. The second kappa shape index (κ2) is 7.54. The Morgan fingerprint density at radius 3 is 3.00 bits per heavy atom. The van der Waals surface area contributed by atoms with Gasteiger partial charge in [0.1, 0.15) is 5.82 Å². The van der Waals surface area contributed by atoms with Crippen LogP contribution in [0.15, 0.2) is 53.6 Å². The quantitative estimate of drug-likeness (QED) is 0.676. The van der Waals surface area contributed by atoms with E-state index >= 15 is 0 Å². The Hall–Kier alpha value is -2.96. The summed E-state index contributed by atoms with van der Waals surface area (Å²) in [7, 11) is 0. The van der Waals surface area contributed by atoms with Crippen molar-refractivity contribution in [3.05, 3.63) is 60.6 Å². The zero-order chi connectivity index (χ0) is 16.8. The summed E-state index contributed by atoms with van der Waals surface area (Å²) in [5.41, 5.74) is 0.803. The number of carbonyl (C=O) groups excluding carboxylic acids is 1. The van der Waals surface area contributed by atoms with Gasteiger partial charge >= 0.3 is 0 Å². The third-order valence-corrected chi connectivity index (χ3v) is 3.51. The second-order valence-electron chi connectivity index (χ2n) is 5.34. The molecule has 0 aliphatic carbocycles. The highest BCUT2D eigenvalue weighted by Crippen LogP contribution is 2.23. The molecule has 3 rings (SSSR count). The van der Waals surface area contributed by atoms with Gasteiger partial charge in [-0.2, -0.15) is 0 Å². The Kier molecular flexibility index (Phi) is 5.00. The number of carbonyl (C=O) groups is 1. The van der Waals surface area contributed by atoms with Crippen LogP contribution in [0.4, 0.5) is 4.39 Å². The fourth-order valence-corrected chi connectivity index (χ4v) is 2.32. The number of imidazole rings is 1. The molecule has 0 aliphatic heterocycles. The lowest BCUT2D eigenvalue weighted by molar-refractivity contribution is -0.120. The predicted octanol–water partition coefficient (Wildman–Crippen LogP) is 2.43. The molecule has 0 spiro atoms. The Bertz CT molecular complexity index is 799. The summed E-state index contributed by atoms with van der Waals surface area (Å²) in [6.45, 7) is 1.36. The topological polar surface area (TPSA) is 73.0 Å². The average molecular weight is 328 g/mol. The highest BCUT2D eigenvalue weighted by Gasteiger charge is 2.13. The standard InChI is InChI=1S/C17H17FN4O2/c18-15-5-2-1-4-14(15)16-10-13(21-24-16)11-17(23)20-6-3-8-22-9-7-19-12-22/h1-2,4-5,7,9-10,12H,3,6,8,11H2,(H,20,23). The van der Waals surface area contributed by atoms with Crippen molar-refractivity contribution in [1.29, 1.82) is 0 Å². The van der Waals surface area contributed by atoms with Gasteiger partial charge in [-0.3, -0.25) is 4.79 Å². The van der Waals surface area contributed by atoms with Gasteiger partial charge in [0.05, 0.1) is 24.0 Å². The number of halogens is 1. The predicted molar refractivity (Wildman–Crippen MR) is 85.5 cm³/mol. The van der Waals surface area contributed by atoms with Crippen molar-refractivity contribution < 1.29 is 13.7 Å². The molecule has 2 heterocycles. The van der Waals surface area contributed by atoms with Crippen LogP contribution in [0.1, 0.15) is 12.1 Å². The van der Waals surface area contributed by atoms with Crippen molar-refractivity contribution >= 4 is 5.91 Å². The summed E-state index contributed by atoms with van der Waals surface area (Å²) in [6.07, 6.45) is 6.24. The number of benzene rings is 1. The van der Waals surface area contributed by atoms with Gasteiger partial charge < -0.3 is 14.4 Å². The van der Waals surface area contributed by atoms with Crippen LogP contribution >= 0.6 is 0 Å². The van der Waals surface area contributed by atoms with E-state index < -0.39 is 0 Å². The number of rotatable bonds is 7. The zero-order valence-electron chi connectivity index (χ0n) is 13.0. The minimum atomic E-state index is -0.385. The van der Waals surface area contributed by atoms with Crippen LogP contribution in [0.5, 0.6) is 0 Å². The summed E-state index contributed by atoms with van der Waals surface area (Å²) in [5.74, 6) is -0.214. The third kappa shape index (κ3) is 4.07. The van der Waals surface area contributed by atoms with Gasteiger partial charge in [0.15, 0.2) is 5.76 Å². The first kappa shape index (κ1) is 15.9. The first-order valence-corrected chi connectivity index (χ1v) is 7.65. The summed E-state index contributed by atoms with van der Waals surface area (Å²) in [5, 5.41) is 6.65. The van der Waals surface area contributed by atoms with Gasteiger partial charge in [-0.05, 0) is 18.6 Å². The lowest BCUT2D eigenvalue weighted by atomic mass is 10.1. The normalized spacial score (nSPS) is 10.7. The molecule has 1 aromatic carbocycles. The number of amides is 1. The molecule has 3 aromatic rings. The van der Waals surface area contributed by atoms with Gasteiger partial charge in [-0.25, -0.2) is 9.37 Å². The first-order chi connectivity index (χ1) is 11.7. The smallest absolute Gasteiger partial charge is 0.226 e. The number of nitrogens with zero attached hydrogens (tertiary/aromatic N) is 3. The van der Waals surface area contributed by atoms with E-state index in [1.807, 2.05) is 10.8 Å². The van der Waals surface area contributed by atoms with Crippen LogP contribution in [-0.4, -0.2) is 27.2 Å². The van der Waals surface area contributed by atoms with Crippen molar-refractivity contribution in [2.45, 2.75) is 19.4 Å². The summed E-state index contributed by atoms with van der Waals surface area (Å²) < 4.78 is 20.8. The van der Waals surface area contributed by atoms with Crippen LogP contribution in [0.25, 0.3) is 11.3 Å². The van der Waals surface area contributed by atoms with Crippen LogP contribution in [0.2, 0.25) is 0 Å². The fourth-order valence-electron chi connectivity index (χ4n) is 2.32. The van der Waals surface area contributed by atoms with Crippen molar-refractivity contribution in [2.24, 2.45) is 0 Å². The van der Waals surface area contributed by atoms with Crippen molar-refractivity contribution in [1.82, 2.24) is 20.0 Å². The SMILES string of the molecule is O=C(Cc1cc(-c2ccccc2F)on1)NCCCn1ccnc1. The molecule has 1 N–H and O–H groups in total. The fraction of sp³-hybridized carbons (Fsp3) is 0.235. The number of hydrogen-bond acceptors (Lipinski definition) is 4. The molecule has 0 saturated carbocycles. The molecule has 7 heteroatoms. The van der Waals surface area contributed by atoms with Crippen molar-refractivity contribution in [3.8, 4) is 11.3 Å². The molecule has 0 bridgehead atoms. The molecule has 0 unspecified atom stereocenters. The van der Waals surface area contributed by atoms with E-state index in [1.54, 1.807) is 36.8 Å². The maximum absolute atomic E-state index is 13.7. The van der Waals surface area contributed by atoms with Crippen LogP contribution < -0.4 is 5.32 Å². The molecular formula is C17H17FN4O2. The van der Waals surface area contributed by atoms with E-state index in [0.717, 1.165) is 13.0 Å². The maximum atomic E-state index is 13.7. The monoisotopic (exact) mass is 328 g/mol. The molecule has 2 aromatic heterocycles. The minimum absolute atomic E-state index is 0.100. The molecule has 24 heavy (non-hydrogen) atoms. The highest BCUT2D eigenvalue weighted by molar-refractivity contribution is 5.78. The van der Waals surface area contributed by atoms with E-state index in [4.69, 9.17) is 4.52 Å². The lowest BCUT2D eigenvalue weighted by Gasteiger charge is -2.04. The van der Waals surface area contributed by atoms with Crippen molar-refractivity contribution in [2.75, 3.05) is 6.54 Å². The third-order valence-electron chi connectivity index (χ3n) is 3.51. The molecule has 0 saturated heterocycles. The first-order valence-electron chi connectivity index (χ1n) is 7.65. The van der Waals surface area contributed by atoms with Gasteiger partial charge in [0, 0.05) is 31.5 Å². The Morgan fingerprint density at radius 2 is 2.21 bits per heavy atom. The Balaban J connectivity index is 1.47. The number of aromatic nitrogens is 3. The summed E-state index contributed by atoms with van der Waals surface area (Å²) in [4.78, 5) is 15.9. The molecule has 0 fully saturated rings. The van der Waals surface area contributed by atoms with E-state index in [9.17, 15) is 9.18 Å². The average Bonchev–Trinajstić information content (AvgIpc) is 3.24. The minimum Gasteiger partial charge on any atom is -0.356 e. The number of nitrogens with one attached hydrogen (secondary N) is 1. The summed E-state index contributed by atoms with van der Waals surface area (Å²) >= 11 is 0. The largest absolute Gasteiger partial charge is 0.356 e. The molecule has 1 amide bonds. The second-order valence-corrected chi connectivity index (χ2v) is 5.34. The molecule has 6 nitrogen and oxygen atoms in total. The lowest BCUT2D eigenvalue weighted by Crippen LogP contribution is -2.26. The molecule has 0 radical (unpaired) electrons. The van der Waals surface area contributed by atoms with Gasteiger partial charge in [0.2, 0.25) is 5.91 Å². The Morgan fingerprint density at radius 1 is 1.33 bits per heavy atom. The van der Waals surface area contributed by atoms with Gasteiger partial charge in [0.25, 0.3) is 0 Å². The van der Waals surface area contributed by atoms with Crippen LogP contribution in [0.3, 0.4) is 0 Å². The molecular weight excluding hydrogens is 311 g/mol. The molecule has 0 aliphatic rings. The molecule has 124 valence electrons. The molecule has 0 atom stereocenters. The zero-order valence-corrected chi connectivity index (χ0v) is 13.0. The van der Waals surface area contributed by atoms with E-state index in [1.165, 1.54) is 6.07 Å².